The van der Waals surface area contributed by atoms with Gasteiger partial charge in [0.2, 0.25) is 0 Å². The van der Waals surface area contributed by atoms with E-state index in [2.05, 4.69) is 20.2 Å². The number of aliphatic hydroxyl groups excluding tert-OH is 1. The Balaban J connectivity index is 1.60. The van der Waals surface area contributed by atoms with Crippen molar-refractivity contribution in [2.45, 2.75) is 18.9 Å². The molecule has 1 fully saturated rings. The fourth-order valence-electron chi connectivity index (χ4n) is 4.00. The summed E-state index contributed by atoms with van der Waals surface area (Å²) in [5.41, 5.74) is 2.48. The van der Waals surface area contributed by atoms with E-state index in [-0.39, 0.29) is 6.10 Å². The maximum absolute atomic E-state index is 10.3. The number of ether oxygens (including phenoxy) is 1. The van der Waals surface area contributed by atoms with Crippen molar-refractivity contribution in [3.05, 3.63) is 61.1 Å². The van der Waals surface area contributed by atoms with E-state index in [1.807, 2.05) is 42.5 Å². The quantitative estimate of drug-likeness (QED) is 0.496. The lowest BCUT2D eigenvalue weighted by Crippen LogP contribution is -2.39. The Kier molecular flexibility index (Phi) is 5.51. The number of methoxy groups -OCH3 is 1. The number of aromatic nitrogens is 4. The van der Waals surface area contributed by atoms with Gasteiger partial charge in [-0.15, -0.1) is 0 Å². The normalized spacial score (nSPS) is 16.2. The molecular formula is C24H24N6O2. The fraction of sp³-hybridized carbons (Fsp3) is 0.250. The number of nitrogens with one attached hydrogen (secondary N) is 1. The Morgan fingerprint density at radius 3 is 2.81 bits per heavy atom. The number of β-amino-alcohol motifs (C(OH)–C–C–N with tert-alkyl or cyclic N) is 1. The van der Waals surface area contributed by atoms with Crippen molar-refractivity contribution in [3.63, 3.8) is 0 Å². The van der Waals surface area contributed by atoms with Crippen LogP contribution < -0.4 is 15.0 Å². The van der Waals surface area contributed by atoms with Crippen LogP contribution in [-0.4, -0.2) is 51.3 Å². The standard InChI is InChI=1S/C24H24N6O2/c1-32-20-14-25-13-19-22(20)24(30-11-5-8-18(31)15-30)29-23(28-19)16-9-10-26-21(12-16)27-17-6-3-2-4-7-17/h2-4,6-7,9-10,12-14,18,31H,5,8,11,15H2,1H3,(H,26,27). The lowest BCUT2D eigenvalue weighted by Gasteiger charge is -2.32. The van der Waals surface area contributed by atoms with Gasteiger partial charge in [0.15, 0.2) is 5.82 Å². The van der Waals surface area contributed by atoms with E-state index in [9.17, 15) is 5.11 Å². The summed E-state index contributed by atoms with van der Waals surface area (Å²) in [6.45, 7) is 1.33. The zero-order valence-corrected chi connectivity index (χ0v) is 17.8. The number of hydrogen-bond acceptors (Lipinski definition) is 8. The minimum atomic E-state index is -0.382. The molecule has 0 radical (unpaired) electrons. The van der Waals surface area contributed by atoms with Crippen LogP contribution >= 0.6 is 0 Å². The third-order valence-electron chi connectivity index (χ3n) is 5.53. The molecule has 1 aliphatic heterocycles. The predicted molar refractivity (Wildman–Crippen MR) is 124 cm³/mol. The van der Waals surface area contributed by atoms with E-state index in [0.29, 0.717) is 29.5 Å². The van der Waals surface area contributed by atoms with Crippen molar-refractivity contribution < 1.29 is 9.84 Å². The summed E-state index contributed by atoms with van der Waals surface area (Å²) < 4.78 is 5.57. The zero-order chi connectivity index (χ0) is 21.9. The molecule has 32 heavy (non-hydrogen) atoms. The number of piperidine rings is 1. The Morgan fingerprint density at radius 1 is 1.12 bits per heavy atom. The Labute approximate surface area is 186 Å². The van der Waals surface area contributed by atoms with Gasteiger partial charge in [-0.05, 0) is 37.1 Å². The number of pyridine rings is 2. The Hall–Kier alpha value is -3.78. The average Bonchev–Trinajstić information content (AvgIpc) is 2.83. The highest BCUT2D eigenvalue weighted by Crippen LogP contribution is 2.35. The van der Waals surface area contributed by atoms with E-state index in [0.717, 1.165) is 41.8 Å². The van der Waals surface area contributed by atoms with E-state index in [4.69, 9.17) is 14.7 Å². The number of benzene rings is 1. The fourth-order valence-corrected chi connectivity index (χ4v) is 4.00. The van der Waals surface area contributed by atoms with Gasteiger partial charge in [-0.3, -0.25) is 4.98 Å². The van der Waals surface area contributed by atoms with Crippen LogP contribution in [0, 0.1) is 0 Å². The molecule has 0 saturated carbocycles. The molecule has 4 heterocycles. The molecule has 0 amide bonds. The second-order valence-electron chi connectivity index (χ2n) is 7.77. The molecule has 5 rings (SSSR count). The van der Waals surface area contributed by atoms with E-state index in [1.165, 1.54) is 0 Å². The molecule has 162 valence electrons. The maximum atomic E-state index is 10.3. The number of fused-ring (bicyclic) bond motifs is 1. The summed E-state index contributed by atoms with van der Waals surface area (Å²) >= 11 is 0. The van der Waals surface area contributed by atoms with Crippen LogP contribution in [0.1, 0.15) is 12.8 Å². The molecule has 1 saturated heterocycles. The molecule has 0 spiro atoms. The van der Waals surface area contributed by atoms with Crippen molar-refractivity contribution in [2.75, 3.05) is 30.4 Å². The summed E-state index contributed by atoms with van der Waals surface area (Å²) in [5, 5.41) is 14.4. The highest BCUT2D eigenvalue weighted by atomic mass is 16.5. The number of aliphatic hydroxyl groups is 1. The number of hydrogen-bond donors (Lipinski definition) is 2. The van der Waals surface area contributed by atoms with Crippen LogP contribution in [0.5, 0.6) is 5.75 Å². The van der Waals surface area contributed by atoms with Crippen LogP contribution in [0.4, 0.5) is 17.3 Å². The number of nitrogens with zero attached hydrogens (tertiary/aromatic N) is 5. The molecule has 1 aliphatic rings. The largest absolute Gasteiger partial charge is 0.494 e. The topological polar surface area (TPSA) is 96.3 Å². The summed E-state index contributed by atoms with van der Waals surface area (Å²) in [4.78, 5) is 20.5. The van der Waals surface area contributed by atoms with Crippen LogP contribution in [0.15, 0.2) is 61.1 Å². The van der Waals surface area contributed by atoms with Crippen molar-refractivity contribution in [2.24, 2.45) is 0 Å². The van der Waals surface area contributed by atoms with Gasteiger partial charge >= 0.3 is 0 Å². The Bertz CT molecular complexity index is 1230. The Morgan fingerprint density at radius 2 is 2.00 bits per heavy atom. The van der Waals surface area contributed by atoms with Crippen molar-refractivity contribution >= 4 is 28.2 Å². The van der Waals surface area contributed by atoms with Gasteiger partial charge < -0.3 is 20.1 Å². The highest BCUT2D eigenvalue weighted by molar-refractivity contribution is 5.95. The van der Waals surface area contributed by atoms with Crippen molar-refractivity contribution in [1.29, 1.82) is 0 Å². The highest BCUT2D eigenvalue weighted by Gasteiger charge is 2.24. The number of para-hydroxylation sites is 1. The predicted octanol–water partition coefficient (Wildman–Crippen LogP) is 3.80. The van der Waals surface area contributed by atoms with Gasteiger partial charge in [0.05, 0.1) is 36.5 Å². The first-order valence-electron chi connectivity index (χ1n) is 10.6. The lowest BCUT2D eigenvalue weighted by molar-refractivity contribution is 0.154. The minimum absolute atomic E-state index is 0.382. The second kappa shape index (κ2) is 8.76. The molecule has 1 atom stereocenters. The van der Waals surface area contributed by atoms with Crippen LogP contribution in [0.3, 0.4) is 0 Å². The number of anilines is 3. The summed E-state index contributed by atoms with van der Waals surface area (Å²) in [6, 6.07) is 13.7. The first-order chi connectivity index (χ1) is 15.7. The molecular weight excluding hydrogens is 404 g/mol. The molecule has 1 aromatic carbocycles. The van der Waals surface area contributed by atoms with Crippen LogP contribution in [0.25, 0.3) is 22.3 Å². The molecule has 8 heteroatoms. The number of rotatable bonds is 5. The van der Waals surface area contributed by atoms with E-state index in [1.54, 1.807) is 25.7 Å². The van der Waals surface area contributed by atoms with Crippen LogP contribution in [0.2, 0.25) is 0 Å². The molecule has 0 aliphatic carbocycles. The van der Waals surface area contributed by atoms with Gasteiger partial charge in [0.25, 0.3) is 0 Å². The molecule has 4 aromatic rings. The third kappa shape index (κ3) is 4.04. The summed E-state index contributed by atoms with van der Waals surface area (Å²) in [6.07, 6.45) is 6.44. The van der Waals surface area contributed by atoms with Gasteiger partial charge in [0, 0.05) is 30.5 Å². The van der Waals surface area contributed by atoms with Gasteiger partial charge in [-0.1, -0.05) is 18.2 Å². The monoisotopic (exact) mass is 428 g/mol. The van der Waals surface area contributed by atoms with Crippen molar-refractivity contribution in [1.82, 2.24) is 19.9 Å². The molecule has 0 bridgehead atoms. The summed E-state index contributed by atoms with van der Waals surface area (Å²) in [7, 11) is 1.61. The second-order valence-corrected chi connectivity index (χ2v) is 7.77. The van der Waals surface area contributed by atoms with Gasteiger partial charge in [-0.25, -0.2) is 15.0 Å². The molecule has 3 aromatic heterocycles. The molecule has 2 N–H and O–H groups in total. The zero-order valence-electron chi connectivity index (χ0n) is 17.8. The SMILES string of the molecule is COc1cncc2nc(-c3ccnc(Nc4ccccc4)c3)nc(N3CCCC(O)C3)c12. The maximum Gasteiger partial charge on any atom is 0.162 e. The lowest BCUT2D eigenvalue weighted by atomic mass is 10.1. The summed E-state index contributed by atoms with van der Waals surface area (Å²) in [5.74, 6) is 2.64. The first kappa shape index (κ1) is 20.1. The molecule has 8 nitrogen and oxygen atoms in total. The third-order valence-corrected chi connectivity index (χ3v) is 5.53. The van der Waals surface area contributed by atoms with Gasteiger partial charge in [0.1, 0.15) is 17.4 Å². The van der Waals surface area contributed by atoms with Gasteiger partial charge in [-0.2, -0.15) is 0 Å². The smallest absolute Gasteiger partial charge is 0.162 e. The average molecular weight is 428 g/mol. The molecule has 1 unspecified atom stereocenters. The van der Waals surface area contributed by atoms with E-state index < -0.39 is 0 Å². The minimum Gasteiger partial charge on any atom is -0.494 e. The van der Waals surface area contributed by atoms with Crippen LogP contribution in [-0.2, 0) is 0 Å². The van der Waals surface area contributed by atoms with Crippen molar-refractivity contribution in [3.8, 4) is 17.1 Å². The first-order valence-corrected chi connectivity index (χ1v) is 10.6. The van der Waals surface area contributed by atoms with E-state index >= 15 is 0 Å².